The van der Waals surface area contributed by atoms with Gasteiger partial charge in [0.1, 0.15) is 0 Å². The van der Waals surface area contributed by atoms with Crippen LogP contribution in [0.15, 0.2) is 48.5 Å². The largest absolute Gasteiger partial charge is 0.372 e. The molecule has 3 aromatic rings. The fourth-order valence-corrected chi connectivity index (χ4v) is 3.00. The van der Waals surface area contributed by atoms with Gasteiger partial charge in [0.2, 0.25) is 0 Å². The third kappa shape index (κ3) is 4.00. The summed E-state index contributed by atoms with van der Waals surface area (Å²) in [7, 11) is 0. The van der Waals surface area contributed by atoms with E-state index in [1.165, 1.54) is 5.56 Å². The average molecular weight is 363 g/mol. The fraction of sp³-hybridized carbons (Fsp3) is 0.286. The first-order valence-electron chi connectivity index (χ1n) is 9.19. The van der Waals surface area contributed by atoms with Crippen LogP contribution < -0.4 is 10.2 Å². The van der Waals surface area contributed by atoms with Crippen LogP contribution in [0, 0.1) is 13.8 Å². The van der Waals surface area contributed by atoms with E-state index in [0.717, 1.165) is 30.2 Å². The van der Waals surface area contributed by atoms with Crippen LogP contribution in [0.5, 0.6) is 0 Å². The van der Waals surface area contributed by atoms with Crippen molar-refractivity contribution in [3.05, 3.63) is 65.5 Å². The van der Waals surface area contributed by atoms with E-state index in [1.807, 2.05) is 62.4 Å². The number of amides is 1. The number of benzene rings is 2. The van der Waals surface area contributed by atoms with Crippen LogP contribution in [-0.2, 0) is 0 Å². The summed E-state index contributed by atoms with van der Waals surface area (Å²) in [5, 5.41) is 11.1. The summed E-state index contributed by atoms with van der Waals surface area (Å²) in [6.45, 7) is 10.0. The molecular formula is C21H25N5O. The third-order valence-corrected chi connectivity index (χ3v) is 4.64. The number of rotatable bonds is 6. The first kappa shape index (κ1) is 18.6. The van der Waals surface area contributed by atoms with E-state index < -0.39 is 0 Å². The molecule has 0 aliphatic heterocycles. The molecule has 3 rings (SSSR count). The normalized spacial score (nSPS) is 10.7. The Hall–Kier alpha value is -3.15. The van der Waals surface area contributed by atoms with Gasteiger partial charge >= 0.3 is 0 Å². The highest BCUT2D eigenvalue weighted by atomic mass is 16.2. The molecule has 0 bridgehead atoms. The van der Waals surface area contributed by atoms with Crippen molar-refractivity contribution in [2.24, 2.45) is 0 Å². The second-order valence-electron chi connectivity index (χ2n) is 6.44. The second-order valence-corrected chi connectivity index (χ2v) is 6.44. The number of anilines is 2. The lowest BCUT2D eigenvalue weighted by Crippen LogP contribution is -2.21. The van der Waals surface area contributed by atoms with Crippen molar-refractivity contribution in [2.45, 2.75) is 27.7 Å². The van der Waals surface area contributed by atoms with Gasteiger partial charge in [-0.3, -0.25) is 4.79 Å². The Morgan fingerprint density at radius 3 is 2.22 bits per heavy atom. The summed E-state index contributed by atoms with van der Waals surface area (Å²) in [6.07, 6.45) is 0. The number of hydrogen-bond acceptors (Lipinski definition) is 4. The Morgan fingerprint density at radius 1 is 1.00 bits per heavy atom. The number of hydrogen-bond donors (Lipinski definition) is 1. The molecule has 0 saturated heterocycles. The fourth-order valence-electron chi connectivity index (χ4n) is 3.00. The molecular weight excluding hydrogens is 338 g/mol. The van der Waals surface area contributed by atoms with Gasteiger partial charge in [-0.05, 0) is 64.1 Å². The molecule has 0 atom stereocenters. The molecule has 0 unspecified atom stereocenters. The number of nitrogens with zero attached hydrogens (tertiary/aromatic N) is 4. The quantitative estimate of drug-likeness (QED) is 0.719. The minimum Gasteiger partial charge on any atom is -0.372 e. The lowest BCUT2D eigenvalue weighted by Gasteiger charge is -2.21. The molecule has 0 saturated carbocycles. The molecule has 6 heteroatoms. The molecule has 1 amide bonds. The summed E-state index contributed by atoms with van der Waals surface area (Å²) in [5.74, 6) is -0.263. The molecule has 6 nitrogen and oxygen atoms in total. The number of nitrogens with one attached hydrogen (secondary N) is 1. The summed E-state index contributed by atoms with van der Waals surface area (Å²) in [4.78, 5) is 14.9. The van der Waals surface area contributed by atoms with Gasteiger partial charge in [-0.2, -0.15) is 0 Å². The van der Waals surface area contributed by atoms with E-state index >= 15 is 0 Å². The third-order valence-electron chi connectivity index (χ3n) is 4.64. The maximum Gasteiger partial charge on any atom is 0.278 e. The van der Waals surface area contributed by atoms with Crippen LogP contribution in [0.1, 0.15) is 35.6 Å². The maximum absolute atomic E-state index is 12.6. The molecule has 2 aromatic carbocycles. The van der Waals surface area contributed by atoms with E-state index in [9.17, 15) is 4.79 Å². The summed E-state index contributed by atoms with van der Waals surface area (Å²) in [6, 6.07) is 15.8. The van der Waals surface area contributed by atoms with Gasteiger partial charge in [-0.25, -0.2) is 4.68 Å². The molecule has 1 aromatic heterocycles. The zero-order valence-corrected chi connectivity index (χ0v) is 16.2. The molecule has 0 fully saturated rings. The minimum atomic E-state index is -0.263. The van der Waals surface area contributed by atoms with Gasteiger partial charge in [0.15, 0.2) is 5.69 Å². The highest BCUT2D eigenvalue weighted by molar-refractivity contribution is 6.03. The van der Waals surface area contributed by atoms with E-state index in [2.05, 4.69) is 34.4 Å². The van der Waals surface area contributed by atoms with Crippen LogP contribution in [-0.4, -0.2) is 34.0 Å². The van der Waals surface area contributed by atoms with Gasteiger partial charge in [-0.1, -0.05) is 22.9 Å². The van der Waals surface area contributed by atoms with Gasteiger partial charge in [-0.15, -0.1) is 5.10 Å². The van der Waals surface area contributed by atoms with Gasteiger partial charge in [0.05, 0.1) is 11.4 Å². The van der Waals surface area contributed by atoms with Crippen molar-refractivity contribution in [1.82, 2.24) is 15.0 Å². The average Bonchev–Trinajstić information content (AvgIpc) is 3.06. The standard InChI is InChI=1S/C21H25N5O/c1-5-25(6-2)18-13-9-17(10-14-18)22-21(27)20-16(4)26(24-23-20)19-11-7-15(3)8-12-19/h7-14H,5-6H2,1-4H3,(H,22,27). The lowest BCUT2D eigenvalue weighted by molar-refractivity contribution is 0.102. The van der Waals surface area contributed by atoms with Crippen molar-refractivity contribution < 1.29 is 4.79 Å². The van der Waals surface area contributed by atoms with Crippen molar-refractivity contribution in [1.29, 1.82) is 0 Å². The molecule has 1 N–H and O–H groups in total. The maximum atomic E-state index is 12.6. The first-order valence-corrected chi connectivity index (χ1v) is 9.19. The number of carbonyl (C=O) groups excluding carboxylic acids is 1. The minimum absolute atomic E-state index is 0.263. The van der Waals surface area contributed by atoms with Crippen molar-refractivity contribution >= 4 is 17.3 Å². The van der Waals surface area contributed by atoms with Crippen LogP contribution in [0.25, 0.3) is 5.69 Å². The molecule has 0 aliphatic rings. The summed E-state index contributed by atoms with van der Waals surface area (Å²) in [5.41, 5.74) is 4.95. The Kier molecular flexibility index (Phi) is 5.54. The number of aromatic nitrogens is 3. The second kappa shape index (κ2) is 8.03. The van der Waals surface area contributed by atoms with Crippen molar-refractivity contribution in [3.8, 4) is 5.69 Å². The molecule has 27 heavy (non-hydrogen) atoms. The van der Waals surface area contributed by atoms with Crippen LogP contribution >= 0.6 is 0 Å². The SMILES string of the molecule is CCN(CC)c1ccc(NC(=O)c2nnn(-c3ccc(C)cc3)c2C)cc1. The van der Waals surface area contributed by atoms with E-state index in [-0.39, 0.29) is 5.91 Å². The van der Waals surface area contributed by atoms with Crippen LogP contribution in [0.4, 0.5) is 11.4 Å². The molecule has 0 radical (unpaired) electrons. The van der Waals surface area contributed by atoms with Crippen LogP contribution in [0.2, 0.25) is 0 Å². The highest BCUT2D eigenvalue weighted by Crippen LogP contribution is 2.19. The van der Waals surface area contributed by atoms with Crippen molar-refractivity contribution in [2.75, 3.05) is 23.3 Å². The van der Waals surface area contributed by atoms with Crippen molar-refractivity contribution in [3.63, 3.8) is 0 Å². The molecule has 140 valence electrons. The number of carbonyl (C=O) groups is 1. The number of aryl methyl sites for hydroxylation is 1. The monoisotopic (exact) mass is 363 g/mol. The topological polar surface area (TPSA) is 63.1 Å². The predicted octanol–water partition coefficient (Wildman–Crippen LogP) is 3.98. The molecule has 0 spiro atoms. The van der Waals surface area contributed by atoms with E-state index in [1.54, 1.807) is 4.68 Å². The summed E-state index contributed by atoms with van der Waals surface area (Å²) >= 11 is 0. The Bertz CT molecular complexity index is 909. The summed E-state index contributed by atoms with van der Waals surface area (Å²) < 4.78 is 1.68. The Morgan fingerprint density at radius 2 is 1.63 bits per heavy atom. The molecule has 1 heterocycles. The van der Waals surface area contributed by atoms with Gasteiger partial charge in [0, 0.05) is 24.5 Å². The van der Waals surface area contributed by atoms with Gasteiger partial charge < -0.3 is 10.2 Å². The molecule has 0 aliphatic carbocycles. The first-order chi connectivity index (χ1) is 13.0. The Labute approximate surface area is 159 Å². The lowest BCUT2D eigenvalue weighted by atomic mass is 10.2. The highest BCUT2D eigenvalue weighted by Gasteiger charge is 2.17. The van der Waals surface area contributed by atoms with E-state index in [4.69, 9.17) is 0 Å². The Balaban J connectivity index is 1.76. The van der Waals surface area contributed by atoms with Gasteiger partial charge in [0.25, 0.3) is 5.91 Å². The zero-order chi connectivity index (χ0) is 19.4. The van der Waals surface area contributed by atoms with Crippen LogP contribution in [0.3, 0.4) is 0 Å². The van der Waals surface area contributed by atoms with E-state index in [0.29, 0.717) is 11.4 Å². The predicted molar refractivity (Wildman–Crippen MR) is 109 cm³/mol. The zero-order valence-electron chi connectivity index (χ0n) is 16.2. The smallest absolute Gasteiger partial charge is 0.278 e.